The van der Waals surface area contributed by atoms with Gasteiger partial charge in [0.15, 0.2) is 5.60 Å². The van der Waals surface area contributed by atoms with E-state index in [1.807, 2.05) is 11.3 Å². The molecule has 1 aliphatic heterocycles. The van der Waals surface area contributed by atoms with Crippen molar-refractivity contribution in [2.24, 2.45) is 5.92 Å². The fourth-order valence-corrected chi connectivity index (χ4v) is 6.32. The van der Waals surface area contributed by atoms with Gasteiger partial charge < -0.3 is 4.74 Å². The normalized spacial score (nSPS) is 31.0. The van der Waals surface area contributed by atoms with Crippen LogP contribution in [0.4, 0.5) is 0 Å². The molecule has 0 fully saturated rings. The number of fused-ring (bicyclic) bond motifs is 5. The van der Waals surface area contributed by atoms with Gasteiger partial charge in [0.1, 0.15) is 10.5 Å². The summed E-state index contributed by atoms with van der Waals surface area (Å²) in [6.07, 6.45) is 14.2. The molecule has 3 unspecified atom stereocenters. The van der Waals surface area contributed by atoms with E-state index in [-0.39, 0.29) is 11.1 Å². The zero-order chi connectivity index (χ0) is 19.5. The number of allylic oxidation sites excluding steroid dienone is 8. The number of hydrogen-bond donors (Lipinski definition) is 0. The van der Waals surface area contributed by atoms with Crippen LogP contribution in [0, 0.1) is 5.92 Å². The molecule has 0 saturated carbocycles. The molecule has 3 atom stereocenters. The average Bonchev–Trinajstić information content (AvgIpc) is 3.09. The number of ether oxygens (including phenoxy) is 1. The summed E-state index contributed by atoms with van der Waals surface area (Å²) in [6, 6.07) is 8.83. The van der Waals surface area contributed by atoms with Crippen LogP contribution in [0.5, 0.6) is 0 Å². The van der Waals surface area contributed by atoms with Crippen molar-refractivity contribution >= 4 is 27.1 Å². The maximum Gasteiger partial charge on any atom is 0.274 e. The van der Waals surface area contributed by atoms with Gasteiger partial charge in [-0.3, -0.25) is 0 Å². The van der Waals surface area contributed by atoms with Gasteiger partial charge in [-0.1, -0.05) is 61.6 Å². The first kappa shape index (κ1) is 17.9. The van der Waals surface area contributed by atoms with Crippen LogP contribution in [0.15, 0.2) is 66.0 Å². The van der Waals surface area contributed by atoms with E-state index in [0.29, 0.717) is 5.92 Å². The van der Waals surface area contributed by atoms with Gasteiger partial charge in [-0.05, 0) is 31.1 Å². The summed E-state index contributed by atoms with van der Waals surface area (Å²) in [5.41, 5.74) is 3.62. The predicted molar refractivity (Wildman–Crippen MR) is 117 cm³/mol. The second-order valence-corrected chi connectivity index (χ2v) is 9.59. The van der Waals surface area contributed by atoms with E-state index in [1.54, 1.807) is 0 Å². The lowest BCUT2D eigenvalue weighted by Gasteiger charge is -2.40. The molecule has 28 heavy (non-hydrogen) atoms. The van der Waals surface area contributed by atoms with Gasteiger partial charge in [-0.25, -0.2) is 0 Å². The summed E-state index contributed by atoms with van der Waals surface area (Å²) in [5, 5.41) is 1.34. The van der Waals surface area contributed by atoms with E-state index in [9.17, 15) is 0 Å². The molecule has 0 bridgehead atoms. The molecule has 2 nitrogen and oxygen atoms in total. The highest BCUT2D eigenvalue weighted by Crippen LogP contribution is 2.48. The summed E-state index contributed by atoms with van der Waals surface area (Å²) < 4.78 is 10.9. The number of hydrogen-bond acceptors (Lipinski definition) is 2. The van der Waals surface area contributed by atoms with Crippen LogP contribution in [0.25, 0.3) is 15.8 Å². The predicted octanol–water partition coefficient (Wildman–Crippen LogP) is 6.30. The number of thiazole rings is 1. The van der Waals surface area contributed by atoms with Crippen LogP contribution in [-0.2, 0) is 10.3 Å². The van der Waals surface area contributed by atoms with Gasteiger partial charge >= 0.3 is 0 Å². The van der Waals surface area contributed by atoms with Gasteiger partial charge in [-0.2, -0.15) is 4.57 Å². The highest BCUT2D eigenvalue weighted by atomic mass is 32.1. The number of rotatable bonds is 2. The lowest BCUT2D eigenvalue weighted by Crippen LogP contribution is -2.66. The first-order valence-corrected chi connectivity index (χ1v) is 11.3. The smallest absolute Gasteiger partial charge is 0.274 e. The highest BCUT2D eigenvalue weighted by Gasteiger charge is 2.57. The van der Waals surface area contributed by atoms with Crippen molar-refractivity contribution in [1.82, 2.24) is 0 Å². The first-order valence-electron chi connectivity index (χ1n) is 10.4. The monoisotopic (exact) mass is 390 g/mol. The zero-order valence-corrected chi connectivity index (χ0v) is 18.0. The maximum absolute atomic E-state index is 6.96. The minimum Gasteiger partial charge on any atom is -0.484 e. The van der Waals surface area contributed by atoms with Crippen LogP contribution in [0.2, 0.25) is 0 Å². The van der Waals surface area contributed by atoms with E-state index < -0.39 is 0 Å². The van der Waals surface area contributed by atoms with Gasteiger partial charge in [0.05, 0.1) is 5.57 Å². The third-order valence-corrected chi connectivity index (χ3v) is 8.44. The Balaban J connectivity index is 1.85. The molecule has 1 aromatic heterocycles. The lowest BCUT2D eigenvalue weighted by molar-refractivity contribution is -0.752. The van der Waals surface area contributed by atoms with Crippen LogP contribution < -0.4 is 4.57 Å². The second-order valence-electron chi connectivity index (χ2n) is 8.56. The quantitative estimate of drug-likeness (QED) is 0.549. The molecule has 0 radical (unpaired) electrons. The molecule has 5 rings (SSSR count). The summed E-state index contributed by atoms with van der Waals surface area (Å²) in [7, 11) is 0. The topological polar surface area (TPSA) is 13.1 Å². The molecule has 2 aromatic rings. The van der Waals surface area contributed by atoms with E-state index in [1.165, 1.54) is 26.4 Å². The number of benzene rings is 1. The van der Waals surface area contributed by atoms with Crippen molar-refractivity contribution in [1.29, 1.82) is 0 Å². The molecule has 2 heterocycles. The number of nitrogens with zero attached hydrogens (tertiary/aromatic N) is 1. The van der Waals surface area contributed by atoms with Crippen molar-refractivity contribution in [3.8, 4) is 0 Å². The van der Waals surface area contributed by atoms with Crippen molar-refractivity contribution < 1.29 is 9.30 Å². The summed E-state index contributed by atoms with van der Waals surface area (Å²) in [5.74, 6) is 1.59. The van der Waals surface area contributed by atoms with E-state index in [0.717, 1.165) is 25.0 Å². The van der Waals surface area contributed by atoms with E-state index in [2.05, 4.69) is 86.9 Å². The molecule has 144 valence electrons. The Morgan fingerprint density at radius 2 is 1.96 bits per heavy atom. The Hall–Kier alpha value is -2.13. The molecule has 0 amide bonds. The summed E-state index contributed by atoms with van der Waals surface area (Å²) in [4.78, 5) is 0. The molecular formula is C25H28NOS+. The molecule has 3 aliphatic rings. The molecule has 1 aromatic carbocycles. The Morgan fingerprint density at radius 1 is 1.14 bits per heavy atom. The fraction of sp³-hybridized carbons (Fsp3) is 0.400. The number of para-hydroxylation sites is 1. The van der Waals surface area contributed by atoms with Crippen molar-refractivity contribution in [3.63, 3.8) is 0 Å². The average molecular weight is 391 g/mol. The molecule has 0 spiro atoms. The van der Waals surface area contributed by atoms with Gasteiger partial charge in [0, 0.05) is 31.7 Å². The Kier molecular flexibility index (Phi) is 3.96. The number of aromatic nitrogens is 1. The zero-order valence-electron chi connectivity index (χ0n) is 17.2. The molecule has 0 saturated heterocycles. The Labute approximate surface area is 171 Å². The van der Waals surface area contributed by atoms with Gasteiger partial charge in [0.25, 0.3) is 5.01 Å². The summed E-state index contributed by atoms with van der Waals surface area (Å²) in [6.45, 7) is 9.26. The van der Waals surface area contributed by atoms with Crippen LogP contribution >= 0.6 is 11.3 Å². The third-order valence-electron chi connectivity index (χ3n) is 7.28. The SMILES string of the molecule is CCC1(C)OC2=C(C=C3C=CC=CC3C2)c2sc3ccccc3[n+]2C1(C)CC. The van der Waals surface area contributed by atoms with Crippen LogP contribution in [0.1, 0.15) is 52.0 Å². The van der Waals surface area contributed by atoms with Gasteiger partial charge in [0.2, 0.25) is 11.1 Å². The Bertz CT molecular complexity index is 1090. The first-order chi connectivity index (χ1) is 13.5. The fourth-order valence-electron chi connectivity index (χ4n) is 5.03. The second kappa shape index (κ2) is 6.18. The van der Waals surface area contributed by atoms with E-state index >= 15 is 0 Å². The molecular weight excluding hydrogens is 362 g/mol. The summed E-state index contributed by atoms with van der Waals surface area (Å²) >= 11 is 1.91. The molecule has 0 N–H and O–H groups in total. The minimum atomic E-state index is -0.262. The van der Waals surface area contributed by atoms with Crippen molar-refractivity contribution in [3.05, 3.63) is 71.0 Å². The standard InChI is InChI=1S/C25H28NOS/c1-5-24(3)25(4,6-2)27-21-16-18-12-8-7-11-17(18)15-19(21)23-26(24)20-13-9-10-14-22(20)28-23/h7-15,18H,5-6,16H2,1-4H3/q+1. The largest absolute Gasteiger partial charge is 0.484 e. The Morgan fingerprint density at radius 3 is 2.75 bits per heavy atom. The molecule has 2 aliphatic carbocycles. The van der Waals surface area contributed by atoms with Crippen LogP contribution in [0.3, 0.4) is 0 Å². The van der Waals surface area contributed by atoms with Crippen LogP contribution in [-0.4, -0.2) is 5.60 Å². The minimum absolute atomic E-state index is 0.122. The maximum atomic E-state index is 6.96. The highest BCUT2D eigenvalue weighted by molar-refractivity contribution is 7.19. The van der Waals surface area contributed by atoms with Crippen molar-refractivity contribution in [2.45, 2.75) is 58.1 Å². The van der Waals surface area contributed by atoms with Crippen molar-refractivity contribution in [2.75, 3.05) is 0 Å². The van der Waals surface area contributed by atoms with E-state index in [4.69, 9.17) is 4.74 Å². The lowest BCUT2D eigenvalue weighted by atomic mass is 9.77. The third kappa shape index (κ3) is 2.29. The molecule has 3 heteroatoms. The van der Waals surface area contributed by atoms with Gasteiger partial charge in [-0.15, -0.1) is 0 Å².